The molecule has 0 amide bonds. The zero-order chi connectivity index (χ0) is 19.6. The van der Waals surface area contributed by atoms with Crippen molar-refractivity contribution in [2.75, 3.05) is 0 Å². The third-order valence-corrected chi connectivity index (χ3v) is 4.55. The average molecular weight is 367 g/mol. The van der Waals surface area contributed by atoms with E-state index < -0.39 is 11.9 Å². The molecular weight excluding hydrogens is 328 g/mol. The molecule has 0 aliphatic carbocycles. The molecule has 0 bridgehead atoms. The maximum Gasteiger partial charge on any atom is 0.331 e. The van der Waals surface area contributed by atoms with Crippen LogP contribution in [0.3, 0.4) is 0 Å². The Labute approximate surface area is 159 Å². The second kappa shape index (κ2) is 16.9. The molecule has 0 aliphatic heterocycles. The Morgan fingerprint density at radius 3 is 1.19 bits per heavy atom. The highest BCUT2D eigenvalue weighted by atomic mass is 16.4. The molecule has 0 saturated carbocycles. The van der Waals surface area contributed by atoms with Crippen LogP contribution in [0.4, 0.5) is 0 Å². The molecule has 0 unspecified atom stereocenters. The van der Waals surface area contributed by atoms with Gasteiger partial charge in [-0.1, -0.05) is 77.4 Å². The molecule has 0 spiro atoms. The molecule has 0 radical (unpaired) electrons. The van der Waals surface area contributed by atoms with Crippen molar-refractivity contribution in [2.45, 2.75) is 104 Å². The quantitative estimate of drug-likeness (QED) is 0.227. The van der Waals surface area contributed by atoms with E-state index in [4.69, 9.17) is 10.2 Å². The van der Waals surface area contributed by atoms with E-state index in [9.17, 15) is 9.59 Å². The average Bonchev–Trinajstić information content (AvgIpc) is 2.60. The van der Waals surface area contributed by atoms with Gasteiger partial charge in [-0.25, -0.2) is 9.59 Å². The second-order valence-corrected chi connectivity index (χ2v) is 6.97. The van der Waals surface area contributed by atoms with Gasteiger partial charge in [0.15, 0.2) is 0 Å². The van der Waals surface area contributed by atoms with Gasteiger partial charge in [0.2, 0.25) is 0 Å². The lowest BCUT2D eigenvalue weighted by Crippen LogP contribution is -2.01. The van der Waals surface area contributed by atoms with Crippen LogP contribution < -0.4 is 0 Å². The maximum atomic E-state index is 11.1. The SMILES string of the molecule is CCC/C=C(\CCCCCCCCCC/C(=C\CCC)C(=O)O)C(=O)O. The minimum absolute atomic E-state index is 0.567. The number of unbranched alkanes of at least 4 members (excludes halogenated alkanes) is 9. The molecule has 2 N–H and O–H groups in total. The highest BCUT2D eigenvalue weighted by Gasteiger charge is 2.07. The first-order valence-electron chi connectivity index (χ1n) is 10.4. The Balaban J connectivity index is 3.67. The predicted molar refractivity (Wildman–Crippen MR) is 107 cm³/mol. The third-order valence-electron chi connectivity index (χ3n) is 4.55. The van der Waals surface area contributed by atoms with Crippen LogP contribution in [0.2, 0.25) is 0 Å². The van der Waals surface area contributed by atoms with Gasteiger partial charge in [-0.2, -0.15) is 0 Å². The van der Waals surface area contributed by atoms with Crippen molar-refractivity contribution < 1.29 is 19.8 Å². The molecule has 4 heteroatoms. The fraction of sp³-hybridized carbons (Fsp3) is 0.727. The molecule has 4 nitrogen and oxygen atoms in total. The first kappa shape index (κ1) is 24.4. The van der Waals surface area contributed by atoms with E-state index in [1.165, 1.54) is 12.8 Å². The standard InChI is InChI=1S/C22H38O4/c1-3-5-15-19(21(23)24)17-13-11-9-7-8-10-12-14-18-20(22(25)26)16-6-4-2/h15-16H,3-14,17-18H2,1-2H3,(H,23,24)(H,25,26)/b19-15+,20-16+. The molecule has 0 heterocycles. The summed E-state index contributed by atoms with van der Waals surface area (Å²) in [4.78, 5) is 22.2. The van der Waals surface area contributed by atoms with Crippen LogP contribution in [0, 0.1) is 0 Å². The van der Waals surface area contributed by atoms with Gasteiger partial charge in [-0.3, -0.25) is 0 Å². The summed E-state index contributed by atoms with van der Waals surface area (Å²) < 4.78 is 0. The molecule has 0 aromatic rings. The summed E-state index contributed by atoms with van der Waals surface area (Å²) >= 11 is 0. The number of hydrogen-bond acceptors (Lipinski definition) is 2. The van der Waals surface area contributed by atoms with Crippen molar-refractivity contribution in [3.63, 3.8) is 0 Å². The van der Waals surface area contributed by atoms with Crippen molar-refractivity contribution in [1.82, 2.24) is 0 Å². The second-order valence-electron chi connectivity index (χ2n) is 6.97. The molecule has 0 aromatic carbocycles. The minimum atomic E-state index is -0.771. The maximum absolute atomic E-state index is 11.1. The molecule has 150 valence electrons. The largest absolute Gasteiger partial charge is 0.478 e. The number of carboxylic acid groups (broad SMARTS) is 2. The monoisotopic (exact) mass is 366 g/mol. The number of rotatable bonds is 17. The summed E-state index contributed by atoms with van der Waals surface area (Å²) in [6, 6.07) is 0. The molecule has 26 heavy (non-hydrogen) atoms. The van der Waals surface area contributed by atoms with Crippen molar-refractivity contribution in [3.05, 3.63) is 23.3 Å². The van der Waals surface area contributed by atoms with Crippen molar-refractivity contribution in [1.29, 1.82) is 0 Å². The van der Waals surface area contributed by atoms with Crippen LogP contribution in [0.25, 0.3) is 0 Å². The Morgan fingerprint density at radius 1 is 0.615 bits per heavy atom. The lowest BCUT2D eigenvalue weighted by atomic mass is 10.0. The molecule has 0 fully saturated rings. The first-order valence-corrected chi connectivity index (χ1v) is 10.4. The fourth-order valence-corrected chi connectivity index (χ4v) is 2.92. The van der Waals surface area contributed by atoms with Gasteiger partial charge >= 0.3 is 11.9 Å². The predicted octanol–water partition coefficient (Wildman–Crippen LogP) is 6.51. The summed E-state index contributed by atoms with van der Waals surface area (Å²) in [7, 11) is 0. The minimum Gasteiger partial charge on any atom is -0.478 e. The Morgan fingerprint density at radius 2 is 0.923 bits per heavy atom. The van der Waals surface area contributed by atoms with Gasteiger partial charge < -0.3 is 10.2 Å². The number of carbonyl (C=O) groups is 2. The first-order chi connectivity index (χ1) is 12.5. The highest BCUT2D eigenvalue weighted by Crippen LogP contribution is 2.16. The van der Waals surface area contributed by atoms with Crippen LogP contribution in [-0.2, 0) is 9.59 Å². The Kier molecular flexibility index (Phi) is 15.8. The summed E-state index contributed by atoms with van der Waals surface area (Å²) in [6.07, 6.45) is 17.5. The van der Waals surface area contributed by atoms with E-state index in [2.05, 4.69) is 13.8 Å². The Hall–Kier alpha value is -1.58. The lowest BCUT2D eigenvalue weighted by Gasteiger charge is -2.05. The number of allylic oxidation sites excluding steroid dienone is 2. The van der Waals surface area contributed by atoms with E-state index in [-0.39, 0.29) is 0 Å². The topological polar surface area (TPSA) is 74.6 Å². The molecule has 0 atom stereocenters. The van der Waals surface area contributed by atoms with Gasteiger partial charge in [-0.05, 0) is 38.5 Å². The van der Waals surface area contributed by atoms with E-state index >= 15 is 0 Å². The van der Waals surface area contributed by atoms with E-state index in [1.807, 2.05) is 12.2 Å². The van der Waals surface area contributed by atoms with Crippen LogP contribution in [-0.4, -0.2) is 22.2 Å². The highest BCUT2D eigenvalue weighted by molar-refractivity contribution is 5.86. The zero-order valence-corrected chi connectivity index (χ0v) is 16.8. The van der Waals surface area contributed by atoms with E-state index in [1.54, 1.807) is 0 Å². The van der Waals surface area contributed by atoms with Crippen molar-refractivity contribution >= 4 is 11.9 Å². The number of hydrogen-bond donors (Lipinski definition) is 2. The van der Waals surface area contributed by atoms with Crippen LogP contribution in [0.5, 0.6) is 0 Å². The van der Waals surface area contributed by atoms with Gasteiger partial charge in [-0.15, -0.1) is 0 Å². The summed E-state index contributed by atoms with van der Waals surface area (Å²) in [5, 5.41) is 18.3. The van der Waals surface area contributed by atoms with Crippen LogP contribution in [0.1, 0.15) is 104 Å². The van der Waals surface area contributed by atoms with E-state index in [0.29, 0.717) is 24.0 Å². The van der Waals surface area contributed by atoms with Crippen LogP contribution >= 0.6 is 0 Å². The van der Waals surface area contributed by atoms with Crippen molar-refractivity contribution in [2.24, 2.45) is 0 Å². The third kappa shape index (κ3) is 13.7. The lowest BCUT2D eigenvalue weighted by molar-refractivity contribution is -0.133. The summed E-state index contributed by atoms with van der Waals surface area (Å²) in [6.45, 7) is 4.11. The Bertz CT molecular complexity index is 407. The van der Waals surface area contributed by atoms with Gasteiger partial charge in [0.1, 0.15) is 0 Å². The molecule has 0 rings (SSSR count). The number of carboxylic acids is 2. The summed E-state index contributed by atoms with van der Waals surface area (Å²) in [5.74, 6) is -1.54. The zero-order valence-electron chi connectivity index (χ0n) is 16.8. The van der Waals surface area contributed by atoms with Crippen molar-refractivity contribution in [3.8, 4) is 0 Å². The normalized spacial score (nSPS) is 12.4. The number of aliphatic carboxylic acids is 2. The van der Waals surface area contributed by atoms with Gasteiger partial charge in [0, 0.05) is 11.1 Å². The van der Waals surface area contributed by atoms with Crippen LogP contribution in [0.15, 0.2) is 23.3 Å². The van der Waals surface area contributed by atoms with Gasteiger partial charge in [0.25, 0.3) is 0 Å². The fourth-order valence-electron chi connectivity index (χ4n) is 2.92. The van der Waals surface area contributed by atoms with E-state index in [0.717, 1.165) is 64.2 Å². The molecule has 0 aliphatic rings. The smallest absolute Gasteiger partial charge is 0.331 e. The van der Waals surface area contributed by atoms with Gasteiger partial charge in [0.05, 0.1) is 0 Å². The summed E-state index contributed by atoms with van der Waals surface area (Å²) in [5.41, 5.74) is 1.13. The molecular formula is C22H38O4. The molecule has 0 aromatic heterocycles. The molecule has 0 saturated heterocycles.